The Kier molecular flexibility index (Phi) is 11.0. The summed E-state index contributed by atoms with van der Waals surface area (Å²) >= 11 is 0. The van der Waals surface area contributed by atoms with Gasteiger partial charge in [-0.05, 0) is 47.2 Å². The number of aliphatic carboxylic acids is 1. The first-order valence-corrected chi connectivity index (χ1v) is 11.1. The van der Waals surface area contributed by atoms with Crippen molar-refractivity contribution in [3.8, 4) is 16.9 Å². The number of aryl methyl sites for hydroxylation is 2. The second-order valence-corrected chi connectivity index (χ2v) is 8.20. The molecule has 0 fully saturated rings. The fourth-order valence-electron chi connectivity index (χ4n) is 4.03. The average Bonchev–Trinajstić information content (AvgIpc) is 3.26. The third-order valence-corrected chi connectivity index (χ3v) is 5.88. The van der Waals surface area contributed by atoms with Crippen LogP contribution >= 0.6 is 0 Å². The summed E-state index contributed by atoms with van der Waals surface area (Å²) in [6.45, 7) is 2.89. The topological polar surface area (TPSA) is 131 Å². The van der Waals surface area contributed by atoms with E-state index >= 15 is 0 Å². The zero-order valence-corrected chi connectivity index (χ0v) is 25.3. The van der Waals surface area contributed by atoms with Gasteiger partial charge in [0.05, 0.1) is 6.04 Å². The van der Waals surface area contributed by atoms with Gasteiger partial charge in [0, 0.05) is 43.9 Å². The van der Waals surface area contributed by atoms with Crippen molar-refractivity contribution < 1.29 is 78.9 Å². The van der Waals surface area contributed by atoms with Crippen LogP contribution in [0.15, 0.2) is 71.8 Å². The average molecular weight is 518 g/mol. The number of carboxylic acids is 1. The number of aromatic nitrogens is 2. The maximum absolute atomic E-state index is 12.6. The van der Waals surface area contributed by atoms with E-state index in [9.17, 15) is 24.6 Å². The molecule has 2 N–H and O–H groups in total. The maximum Gasteiger partial charge on any atom is 1.00 e. The predicted octanol–water partition coefficient (Wildman–Crippen LogP) is -3.89. The van der Waals surface area contributed by atoms with Gasteiger partial charge >= 0.3 is 65.1 Å². The summed E-state index contributed by atoms with van der Waals surface area (Å²) in [6.07, 6.45) is 2.83. The van der Waals surface area contributed by atoms with Gasteiger partial charge in [-0.15, -0.1) is 0 Å². The molecule has 0 saturated heterocycles. The molecule has 0 bridgehead atoms. The van der Waals surface area contributed by atoms with Crippen LogP contribution in [0.2, 0.25) is 0 Å². The molecular weight excluding hydrogens is 494 g/mol. The van der Waals surface area contributed by atoms with E-state index in [-0.39, 0.29) is 59.1 Å². The SMILES string of the molecule is CCn1ccc2ccc(-c3cccc([C@H](CC(=O)[O-])NC(=O)Nc4c([O-])ccn(C)c4=O)c3)cc21.[Na+].[Na+]. The number of benzene rings is 2. The van der Waals surface area contributed by atoms with Crippen LogP contribution in [-0.4, -0.2) is 21.1 Å². The molecule has 0 aliphatic heterocycles. The molecule has 9 nitrogen and oxygen atoms in total. The molecule has 2 aromatic heterocycles. The number of carboxylic acid groups (broad SMARTS) is 1. The number of carbonyl (C=O) groups excluding carboxylic acids is 2. The summed E-state index contributed by atoms with van der Waals surface area (Å²) in [5, 5.41) is 29.4. The maximum atomic E-state index is 12.6. The Hall–Kier alpha value is -2.53. The van der Waals surface area contributed by atoms with E-state index in [1.165, 1.54) is 13.2 Å². The number of hydrogen-bond acceptors (Lipinski definition) is 5. The van der Waals surface area contributed by atoms with Gasteiger partial charge in [0.1, 0.15) is 5.69 Å². The molecule has 0 unspecified atom stereocenters. The number of fused-ring (bicyclic) bond motifs is 1. The Morgan fingerprint density at radius 3 is 2.43 bits per heavy atom. The smallest absolute Gasteiger partial charge is 0.871 e. The molecule has 1 atom stereocenters. The third kappa shape index (κ3) is 7.07. The molecule has 180 valence electrons. The van der Waals surface area contributed by atoms with Gasteiger partial charge in [-0.3, -0.25) is 4.79 Å². The van der Waals surface area contributed by atoms with Gasteiger partial charge < -0.3 is 34.8 Å². The summed E-state index contributed by atoms with van der Waals surface area (Å²) in [4.78, 5) is 36.2. The number of pyridine rings is 1. The van der Waals surface area contributed by atoms with Crippen molar-refractivity contribution in [2.75, 3.05) is 5.32 Å². The number of hydrogen-bond donors (Lipinski definition) is 2. The van der Waals surface area contributed by atoms with Crippen molar-refractivity contribution in [3.05, 3.63) is 82.9 Å². The van der Waals surface area contributed by atoms with Crippen LogP contribution < -0.4 is 85.5 Å². The van der Waals surface area contributed by atoms with Crippen LogP contribution in [0.1, 0.15) is 24.9 Å². The molecule has 2 aromatic carbocycles. The molecule has 4 aromatic rings. The monoisotopic (exact) mass is 518 g/mol. The first kappa shape index (κ1) is 30.7. The summed E-state index contributed by atoms with van der Waals surface area (Å²) < 4.78 is 3.29. The van der Waals surface area contributed by atoms with Gasteiger partial charge in [-0.25, -0.2) is 4.79 Å². The number of urea groups is 1. The predicted molar refractivity (Wildman–Crippen MR) is 129 cm³/mol. The zero-order chi connectivity index (χ0) is 25.1. The molecular formula is C26H24N4Na2O5. The van der Waals surface area contributed by atoms with Crippen LogP contribution in [-0.2, 0) is 18.4 Å². The molecule has 0 aliphatic rings. The first-order chi connectivity index (χ1) is 16.8. The minimum atomic E-state index is -1.36. The fraction of sp³-hybridized carbons (Fsp3) is 0.192. The van der Waals surface area contributed by atoms with E-state index in [4.69, 9.17) is 0 Å². The minimum absolute atomic E-state index is 0. The second kappa shape index (κ2) is 13.3. The van der Waals surface area contributed by atoms with Crippen molar-refractivity contribution in [1.82, 2.24) is 14.5 Å². The summed E-state index contributed by atoms with van der Waals surface area (Å²) in [5.41, 5.74) is 2.32. The van der Waals surface area contributed by atoms with Gasteiger partial charge in [0.15, 0.2) is 0 Å². The number of rotatable bonds is 7. The molecule has 2 amide bonds. The third-order valence-electron chi connectivity index (χ3n) is 5.88. The molecule has 2 heterocycles. The quantitative estimate of drug-likeness (QED) is 0.242. The van der Waals surface area contributed by atoms with E-state index in [2.05, 4.69) is 28.2 Å². The van der Waals surface area contributed by atoms with Gasteiger partial charge in [-0.2, -0.15) is 0 Å². The van der Waals surface area contributed by atoms with Gasteiger partial charge in [-0.1, -0.05) is 42.1 Å². The van der Waals surface area contributed by atoms with Crippen LogP contribution in [0.3, 0.4) is 0 Å². The van der Waals surface area contributed by atoms with Crippen LogP contribution in [0.5, 0.6) is 5.75 Å². The van der Waals surface area contributed by atoms with Crippen molar-refractivity contribution >= 4 is 28.6 Å². The molecule has 0 saturated carbocycles. The van der Waals surface area contributed by atoms with Crippen molar-refractivity contribution in [2.45, 2.75) is 25.9 Å². The van der Waals surface area contributed by atoms with Crippen LogP contribution in [0.25, 0.3) is 22.0 Å². The zero-order valence-electron chi connectivity index (χ0n) is 21.3. The molecule has 0 aliphatic carbocycles. The van der Waals surface area contributed by atoms with Crippen molar-refractivity contribution in [2.24, 2.45) is 7.05 Å². The van der Waals surface area contributed by atoms with E-state index in [1.807, 2.05) is 30.5 Å². The first-order valence-electron chi connectivity index (χ1n) is 11.1. The summed E-state index contributed by atoms with van der Waals surface area (Å²) in [7, 11) is 1.45. The number of amides is 2. The van der Waals surface area contributed by atoms with Crippen LogP contribution in [0.4, 0.5) is 10.5 Å². The largest absolute Gasteiger partial charge is 1.00 e. The van der Waals surface area contributed by atoms with E-state index < -0.39 is 41.5 Å². The van der Waals surface area contributed by atoms with Crippen molar-refractivity contribution in [1.29, 1.82) is 0 Å². The molecule has 11 heteroatoms. The summed E-state index contributed by atoms with van der Waals surface area (Å²) in [5.74, 6) is -2.00. The molecule has 4 rings (SSSR count). The Morgan fingerprint density at radius 1 is 1.00 bits per heavy atom. The summed E-state index contributed by atoms with van der Waals surface area (Å²) in [6, 6.07) is 14.6. The molecule has 0 spiro atoms. The number of anilines is 1. The number of nitrogens with one attached hydrogen (secondary N) is 2. The van der Waals surface area contributed by atoms with Crippen molar-refractivity contribution in [3.63, 3.8) is 0 Å². The Labute approximate surface area is 258 Å². The van der Waals surface area contributed by atoms with E-state index in [0.717, 1.165) is 39.2 Å². The molecule has 0 radical (unpaired) electrons. The standard InChI is InChI=1S/C26H26N4O5.2Na/c1-3-30-12-9-16-7-8-18(14-21(16)30)17-5-4-6-19(13-17)20(15-23(32)33)27-26(35)28-24-22(31)10-11-29(2)25(24)34;;/h4-14,20,31H,3,15H2,1-2H3,(H,32,33)(H2,27,28,35);;/q;2*+1/p-2/t20-;;/m0../s1. The normalized spacial score (nSPS) is 11.2. The minimum Gasteiger partial charge on any atom is -0.871 e. The molecule has 37 heavy (non-hydrogen) atoms. The fourth-order valence-corrected chi connectivity index (χ4v) is 4.03. The number of nitrogens with zero attached hydrogens (tertiary/aromatic N) is 2. The second-order valence-electron chi connectivity index (χ2n) is 8.20. The van der Waals surface area contributed by atoms with E-state index in [0.29, 0.717) is 5.56 Å². The Morgan fingerprint density at radius 2 is 1.73 bits per heavy atom. The van der Waals surface area contributed by atoms with Gasteiger partial charge in [0.2, 0.25) is 0 Å². The van der Waals surface area contributed by atoms with Gasteiger partial charge in [0.25, 0.3) is 5.56 Å². The van der Waals surface area contributed by atoms with E-state index in [1.54, 1.807) is 18.2 Å². The Balaban J connectivity index is 0.00000241. The number of carbonyl (C=O) groups is 2. The van der Waals surface area contributed by atoms with Crippen LogP contribution in [0, 0.1) is 0 Å². The Bertz CT molecular complexity index is 1480.